The van der Waals surface area contributed by atoms with E-state index in [1.165, 1.54) is 0 Å². The topological polar surface area (TPSA) is 40.5 Å². The number of phenolic OH excluding ortho intramolecular Hbond substituents is 1. The van der Waals surface area contributed by atoms with E-state index in [0.29, 0.717) is 0 Å². The second-order valence-electron chi connectivity index (χ2n) is 4.38. The molecule has 92 valence electrons. The highest BCUT2D eigenvalue weighted by molar-refractivity contribution is 5.79. The van der Waals surface area contributed by atoms with Gasteiger partial charge in [0, 0.05) is 25.9 Å². The van der Waals surface area contributed by atoms with Crippen molar-refractivity contribution >= 4 is 5.91 Å². The van der Waals surface area contributed by atoms with Gasteiger partial charge in [-0.15, -0.1) is 6.58 Å². The van der Waals surface area contributed by atoms with Crippen LogP contribution >= 0.6 is 0 Å². The van der Waals surface area contributed by atoms with E-state index in [2.05, 4.69) is 6.58 Å². The van der Waals surface area contributed by atoms with Crippen LogP contribution in [0.4, 0.5) is 0 Å². The maximum atomic E-state index is 11.9. The number of benzene rings is 1. The average Bonchev–Trinajstić information content (AvgIpc) is 2.28. The summed E-state index contributed by atoms with van der Waals surface area (Å²) in [5.74, 6) is -0.0154. The highest BCUT2D eigenvalue weighted by Crippen LogP contribution is 2.28. The van der Waals surface area contributed by atoms with E-state index >= 15 is 0 Å². The van der Waals surface area contributed by atoms with E-state index in [-0.39, 0.29) is 23.5 Å². The smallest absolute Gasteiger partial charge is 0.225 e. The molecule has 1 N–H and O–H groups in total. The van der Waals surface area contributed by atoms with E-state index < -0.39 is 0 Å². The summed E-state index contributed by atoms with van der Waals surface area (Å²) in [5.41, 5.74) is 0.905. The molecule has 3 nitrogen and oxygen atoms in total. The molecule has 0 bridgehead atoms. The highest BCUT2D eigenvalue weighted by atomic mass is 16.3. The van der Waals surface area contributed by atoms with E-state index in [4.69, 9.17) is 0 Å². The molecule has 0 aromatic heterocycles. The van der Waals surface area contributed by atoms with Crippen LogP contribution in [0.5, 0.6) is 5.75 Å². The number of aromatic hydroxyl groups is 1. The predicted octanol–water partition coefficient (Wildman–Crippen LogP) is 2.39. The number of allylic oxidation sites excluding steroid dienone is 1. The predicted molar refractivity (Wildman–Crippen MR) is 68.9 cm³/mol. The molecule has 1 aromatic carbocycles. The van der Waals surface area contributed by atoms with Crippen LogP contribution in [0.25, 0.3) is 0 Å². The van der Waals surface area contributed by atoms with E-state index in [1.54, 1.807) is 43.3 Å². The molecule has 0 aliphatic heterocycles. The highest BCUT2D eigenvalue weighted by Gasteiger charge is 2.24. The van der Waals surface area contributed by atoms with Crippen LogP contribution in [-0.4, -0.2) is 30.0 Å². The van der Waals surface area contributed by atoms with Crippen molar-refractivity contribution in [2.75, 3.05) is 14.1 Å². The minimum atomic E-state index is -0.190. The molecule has 1 aromatic rings. The van der Waals surface area contributed by atoms with E-state index in [0.717, 1.165) is 5.56 Å². The Morgan fingerprint density at radius 3 is 2.59 bits per heavy atom. The van der Waals surface area contributed by atoms with Crippen LogP contribution in [0.15, 0.2) is 36.9 Å². The number of hydrogen-bond acceptors (Lipinski definition) is 2. The van der Waals surface area contributed by atoms with Gasteiger partial charge in [0.05, 0.1) is 0 Å². The molecule has 0 heterocycles. The lowest BCUT2D eigenvalue weighted by Gasteiger charge is -2.23. The Labute approximate surface area is 102 Å². The summed E-state index contributed by atoms with van der Waals surface area (Å²) in [6.45, 7) is 5.65. The summed E-state index contributed by atoms with van der Waals surface area (Å²) < 4.78 is 0. The fraction of sp³-hybridized carbons (Fsp3) is 0.357. The maximum absolute atomic E-state index is 11.9. The van der Waals surface area contributed by atoms with Crippen molar-refractivity contribution in [1.82, 2.24) is 4.90 Å². The summed E-state index contributed by atoms with van der Waals surface area (Å²) >= 11 is 0. The number of hydrogen-bond donors (Lipinski definition) is 1. The third-order valence-electron chi connectivity index (χ3n) is 2.88. The first-order chi connectivity index (χ1) is 7.97. The molecule has 0 aliphatic carbocycles. The van der Waals surface area contributed by atoms with Gasteiger partial charge in [0.15, 0.2) is 0 Å². The second-order valence-corrected chi connectivity index (χ2v) is 4.38. The fourth-order valence-electron chi connectivity index (χ4n) is 1.92. The lowest BCUT2D eigenvalue weighted by molar-refractivity contribution is -0.132. The van der Waals surface area contributed by atoms with Crippen molar-refractivity contribution in [1.29, 1.82) is 0 Å². The minimum absolute atomic E-state index is 0.0539. The SMILES string of the molecule is C=C[C@@H](c1cccc(O)c1)[C@@H](C)C(=O)N(C)C. The van der Waals surface area contributed by atoms with Gasteiger partial charge in [-0.3, -0.25) is 4.79 Å². The first-order valence-corrected chi connectivity index (χ1v) is 5.60. The van der Waals surface area contributed by atoms with Crippen molar-refractivity contribution in [3.63, 3.8) is 0 Å². The lowest BCUT2D eigenvalue weighted by atomic mass is 9.86. The quantitative estimate of drug-likeness (QED) is 0.811. The van der Waals surface area contributed by atoms with Gasteiger partial charge in [0.25, 0.3) is 0 Å². The van der Waals surface area contributed by atoms with Crippen LogP contribution in [-0.2, 0) is 4.79 Å². The molecule has 0 spiro atoms. The number of amides is 1. The van der Waals surface area contributed by atoms with Crippen molar-refractivity contribution < 1.29 is 9.90 Å². The number of carbonyl (C=O) groups is 1. The van der Waals surface area contributed by atoms with Crippen LogP contribution in [0.2, 0.25) is 0 Å². The van der Waals surface area contributed by atoms with Crippen molar-refractivity contribution in [2.45, 2.75) is 12.8 Å². The van der Waals surface area contributed by atoms with Gasteiger partial charge in [0.2, 0.25) is 5.91 Å². The molecule has 0 unspecified atom stereocenters. The average molecular weight is 233 g/mol. The zero-order valence-corrected chi connectivity index (χ0v) is 10.6. The Morgan fingerprint density at radius 1 is 1.47 bits per heavy atom. The first kappa shape index (κ1) is 13.3. The summed E-state index contributed by atoms with van der Waals surface area (Å²) in [6.07, 6.45) is 1.75. The lowest BCUT2D eigenvalue weighted by Crippen LogP contribution is -2.31. The zero-order valence-electron chi connectivity index (χ0n) is 10.6. The van der Waals surface area contributed by atoms with Gasteiger partial charge < -0.3 is 10.0 Å². The normalized spacial score (nSPS) is 13.8. The van der Waals surface area contributed by atoms with Crippen molar-refractivity contribution in [3.05, 3.63) is 42.5 Å². The molecule has 0 saturated carbocycles. The number of nitrogens with zero attached hydrogens (tertiary/aromatic N) is 1. The summed E-state index contributed by atoms with van der Waals surface area (Å²) in [7, 11) is 3.48. The third kappa shape index (κ3) is 3.09. The Kier molecular flexibility index (Phi) is 4.32. The summed E-state index contributed by atoms with van der Waals surface area (Å²) in [4.78, 5) is 13.5. The van der Waals surface area contributed by atoms with Crippen molar-refractivity contribution in [3.8, 4) is 5.75 Å². The monoisotopic (exact) mass is 233 g/mol. The minimum Gasteiger partial charge on any atom is -0.508 e. The van der Waals surface area contributed by atoms with Gasteiger partial charge in [-0.2, -0.15) is 0 Å². The molecule has 1 amide bonds. The largest absolute Gasteiger partial charge is 0.508 e. The molecule has 2 atom stereocenters. The Morgan fingerprint density at radius 2 is 2.12 bits per heavy atom. The summed E-state index contributed by atoms with van der Waals surface area (Å²) in [6, 6.07) is 6.95. The van der Waals surface area contributed by atoms with Crippen LogP contribution in [0.1, 0.15) is 18.4 Å². The van der Waals surface area contributed by atoms with Gasteiger partial charge in [-0.25, -0.2) is 0 Å². The third-order valence-corrected chi connectivity index (χ3v) is 2.88. The molecular weight excluding hydrogens is 214 g/mol. The van der Waals surface area contributed by atoms with Crippen molar-refractivity contribution in [2.24, 2.45) is 5.92 Å². The van der Waals surface area contributed by atoms with Crippen LogP contribution in [0.3, 0.4) is 0 Å². The Balaban J connectivity index is 2.99. The molecule has 0 fully saturated rings. The van der Waals surface area contributed by atoms with Crippen LogP contribution < -0.4 is 0 Å². The van der Waals surface area contributed by atoms with Gasteiger partial charge in [-0.1, -0.05) is 25.1 Å². The zero-order chi connectivity index (χ0) is 13.0. The molecule has 17 heavy (non-hydrogen) atoms. The molecule has 0 radical (unpaired) electrons. The van der Waals surface area contributed by atoms with Gasteiger partial charge in [0.1, 0.15) is 5.75 Å². The second kappa shape index (κ2) is 5.53. The van der Waals surface area contributed by atoms with Gasteiger partial charge >= 0.3 is 0 Å². The fourth-order valence-corrected chi connectivity index (χ4v) is 1.92. The Hall–Kier alpha value is -1.77. The standard InChI is InChI=1S/C14H19NO2/c1-5-13(10(2)14(17)15(3)4)11-7-6-8-12(16)9-11/h5-10,13,16H,1H2,2-4H3/t10-,13-/m1/s1. The number of rotatable bonds is 4. The van der Waals surface area contributed by atoms with E-state index in [9.17, 15) is 9.90 Å². The molecular formula is C14H19NO2. The molecule has 1 rings (SSSR count). The van der Waals surface area contributed by atoms with E-state index in [1.807, 2.05) is 13.0 Å². The maximum Gasteiger partial charge on any atom is 0.225 e. The van der Waals surface area contributed by atoms with Gasteiger partial charge in [-0.05, 0) is 17.7 Å². The summed E-state index contributed by atoms with van der Waals surface area (Å²) in [5, 5.41) is 9.46. The molecule has 3 heteroatoms. The first-order valence-electron chi connectivity index (χ1n) is 5.60. The molecule has 0 saturated heterocycles. The Bertz CT molecular complexity index is 412. The van der Waals surface area contributed by atoms with Crippen LogP contribution in [0, 0.1) is 5.92 Å². The number of phenols is 1. The molecule has 0 aliphatic rings. The number of carbonyl (C=O) groups excluding carboxylic acids is 1.